The summed E-state index contributed by atoms with van der Waals surface area (Å²) in [6.07, 6.45) is -2.07. The van der Waals surface area contributed by atoms with Crippen molar-refractivity contribution in [1.29, 1.82) is 0 Å². The highest BCUT2D eigenvalue weighted by atomic mass is 35.5. The molecule has 2 heterocycles. The van der Waals surface area contributed by atoms with E-state index in [1.54, 1.807) is 53.7 Å². The molecule has 0 saturated heterocycles. The van der Waals surface area contributed by atoms with Crippen molar-refractivity contribution in [2.75, 3.05) is 20.8 Å². The summed E-state index contributed by atoms with van der Waals surface area (Å²) >= 11 is 6.77. The van der Waals surface area contributed by atoms with E-state index in [9.17, 15) is 14.7 Å². The second-order valence-electron chi connectivity index (χ2n) is 12.6. The molecular weight excluding hydrogens is 583 g/mol. The molecule has 0 fully saturated rings. The number of hydrogen-bond acceptors (Lipinski definition) is 8. The largest absolute Gasteiger partial charge is 0.496 e. The van der Waals surface area contributed by atoms with Gasteiger partial charge in [-0.2, -0.15) is 0 Å². The fourth-order valence-corrected chi connectivity index (χ4v) is 5.45. The molecule has 2 aliphatic rings. The lowest BCUT2D eigenvalue weighted by Gasteiger charge is -2.24. The zero-order chi connectivity index (χ0) is 31.9. The zero-order valence-corrected chi connectivity index (χ0v) is 26.7. The molecule has 12 heteroatoms. The van der Waals surface area contributed by atoms with E-state index >= 15 is 4.39 Å². The van der Waals surface area contributed by atoms with Gasteiger partial charge in [-0.3, -0.25) is 9.80 Å². The van der Waals surface area contributed by atoms with E-state index in [2.05, 4.69) is 0 Å². The first kappa shape index (κ1) is 32.5. The van der Waals surface area contributed by atoms with Crippen LogP contribution < -0.4 is 14.2 Å². The predicted octanol–water partition coefficient (Wildman–Crippen LogP) is 6.50. The topological polar surface area (TPSA) is 107 Å². The number of fused-ring (bicyclic) bond motifs is 2. The number of ether oxygens (including phenoxy) is 5. The van der Waals surface area contributed by atoms with E-state index in [0.29, 0.717) is 34.5 Å². The Hall–Kier alpha value is -3.44. The minimum absolute atomic E-state index is 0.0291. The monoisotopic (exact) mass is 622 g/mol. The van der Waals surface area contributed by atoms with Crippen molar-refractivity contribution in [2.24, 2.45) is 0 Å². The summed E-state index contributed by atoms with van der Waals surface area (Å²) in [6.45, 7) is 11.3. The number of amides is 2. The van der Waals surface area contributed by atoms with Crippen molar-refractivity contribution in [1.82, 2.24) is 9.80 Å². The first-order valence-electron chi connectivity index (χ1n) is 14.1. The number of carbonyl (C=O) groups excluding carboxylic acids is 2. The number of aliphatic hydroxyl groups is 1. The van der Waals surface area contributed by atoms with Gasteiger partial charge in [0.1, 0.15) is 17.0 Å². The van der Waals surface area contributed by atoms with Gasteiger partial charge in [-0.1, -0.05) is 11.6 Å². The van der Waals surface area contributed by atoms with E-state index in [-0.39, 0.29) is 49.2 Å². The third-order valence-electron chi connectivity index (χ3n) is 6.98. The molecule has 10 nitrogen and oxygen atoms in total. The van der Waals surface area contributed by atoms with Crippen molar-refractivity contribution < 1.29 is 42.8 Å². The number of hydrogen-bond donors (Lipinski definition) is 1. The number of rotatable bonds is 7. The number of nitrogens with zero attached hydrogens (tertiary/aromatic N) is 2. The highest BCUT2D eigenvalue weighted by Gasteiger charge is 2.34. The minimum atomic E-state index is -1.12. The van der Waals surface area contributed by atoms with E-state index in [0.717, 1.165) is 5.56 Å². The van der Waals surface area contributed by atoms with Gasteiger partial charge in [0.15, 0.2) is 17.3 Å². The number of halogens is 2. The molecule has 1 atom stereocenters. The molecule has 1 unspecified atom stereocenters. The van der Waals surface area contributed by atoms with Crippen LogP contribution in [0.25, 0.3) is 0 Å². The molecule has 236 valence electrons. The molecule has 0 saturated carbocycles. The summed E-state index contributed by atoms with van der Waals surface area (Å²) in [6, 6.07) is 3.40. The van der Waals surface area contributed by atoms with Crippen LogP contribution in [0.15, 0.2) is 12.1 Å². The van der Waals surface area contributed by atoms with Crippen LogP contribution in [0.4, 0.5) is 14.0 Å². The van der Waals surface area contributed by atoms with Crippen LogP contribution in [0.2, 0.25) is 5.02 Å². The zero-order valence-electron chi connectivity index (χ0n) is 25.9. The summed E-state index contributed by atoms with van der Waals surface area (Å²) < 4.78 is 43.3. The van der Waals surface area contributed by atoms with Gasteiger partial charge >= 0.3 is 12.2 Å². The van der Waals surface area contributed by atoms with Gasteiger partial charge in [0, 0.05) is 30.6 Å². The predicted molar refractivity (Wildman–Crippen MR) is 157 cm³/mol. The number of methoxy groups -OCH3 is 2. The Morgan fingerprint density at radius 2 is 1.37 bits per heavy atom. The quantitative estimate of drug-likeness (QED) is 0.373. The summed E-state index contributed by atoms with van der Waals surface area (Å²) in [5.74, 6) is -0.206. The van der Waals surface area contributed by atoms with Gasteiger partial charge in [0.25, 0.3) is 0 Å². The molecule has 2 aromatic rings. The summed E-state index contributed by atoms with van der Waals surface area (Å²) in [5.41, 5.74) is 1.44. The maximum Gasteiger partial charge on any atom is 0.410 e. The van der Waals surface area contributed by atoms with Crippen LogP contribution in [-0.4, -0.2) is 59.1 Å². The van der Waals surface area contributed by atoms with Gasteiger partial charge in [-0.25, -0.2) is 14.0 Å². The average Bonchev–Trinajstić information content (AvgIpc) is 3.53. The summed E-state index contributed by atoms with van der Waals surface area (Å²) in [7, 11) is 2.87. The average molecular weight is 623 g/mol. The Balaban J connectivity index is 1.47. The van der Waals surface area contributed by atoms with Crippen molar-refractivity contribution in [2.45, 2.75) is 91.4 Å². The van der Waals surface area contributed by atoms with E-state index < -0.39 is 35.3 Å². The highest BCUT2D eigenvalue weighted by molar-refractivity contribution is 6.32. The molecule has 0 spiro atoms. The second kappa shape index (κ2) is 12.3. The van der Waals surface area contributed by atoms with Crippen molar-refractivity contribution >= 4 is 23.8 Å². The van der Waals surface area contributed by atoms with Crippen LogP contribution in [0.3, 0.4) is 0 Å². The highest BCUT2D eigenvalue weighted by Crippen LogP contribution is 2.43. The van der Waals surface area contributed by atoms with Crippen molar-refractivity contribution in [3.05, 3.63) is 50.8 Å². The van der Waals surface area contributed by atoms with Crippen LogP contribution in [0, 0.1) is 5.82 Å². The lowest BCUT2D eigenvalue weighted by atomic mass is 9.99. The summed E-state index contributed by atoms with van der Waals surface area (Å²) in [5, 5.41) is 11.4. The van der Waals surface area contributed by atoms with E-state index in [1.807, 2.05) is 0 Å². The smallest absolute Gasteiger partial charge is 0.410 e. The number of benzene rings is 2. The van der Waals surface area contributed by atoms with Gasteiger partial charge < -0.3 is 28.8 Å². The Labute approximate surface area is 256 Å². The van der Waals surface area contributed by atoms with Crippen molar-refractivity contribution in [3.63, 3.8) is 0 Å². The third-order valence-corrected chi connectivity index (χ3v) is 7.41. The molecule has 0 radical (unpaired) electrons. The maximum absolute atomic E-state index is 15.7. The van der Waals surface area contributed by atoms with E-state index in [1.165, 1.54) is 24.0 Å². The second-order valence-corrected chi connectivity index (χ2v) is 13.0. The minimum Gasteiger partial charge on any atom is -0.496 e. The third kappa shape index (κ3) is 7.21. The van der Waals surface area contributed by atoms with Crippen LogP contribution in [0.1, 0.15) is 81.9 Å². The number of aliphatic hydroxyl groups excluding tert-OH is 1. The SMILES string of the molecule is COc1cc2c(c(F)c1OCCC(O)c1c(OC)cc3c(c1Cl)CN(C(=O)OC(C)(C)C)C3)CN(C(=O)OC(C)(C)C)C2. The van der Waals surface area contributed by atoms with Gasteiger partial charge in [-0.15, -0.1) is 0 Å². The molecule has 2 amide bonds. The molecule has 2 aliphatic heterocycles. The van der Waals surface area contributed by atoms with Gasteiger partial charge in [0.05, 0.1) is 45.0 Å². The molecule has 43 heavy (non-hydrogen) atoms. The number of carbonyl (C=O) groups is 2. The lowest BCUT2D eigenvalue weighted by molar-refractivity contribution is 0.0231. The van der Waals surface area contributed by atoms with Crippen LogP contribution in [0.5, 0.6) is 17.2 Å². The molecule has 4 rings (SSSR count). The molecule has 0 aromatic heterocycles. The first-order valence-corrected chi connectivity index (χ1v) is 14.4. The Morgan fingerprint density at radius 3 is 1.88 bits per heavy atom. The fourth-order valence-electron chi connectivity index (χ4n) is 5.05. The Kier molecular flexibility index (Phi) is 9.27. The normalized spacial score (nSPS) is 15.1. The molecular formula is C31H40ClFN2O8. The van der Waals surface area contributed by atoms with Crippen molar-refractivity contribution in [3.8, 4) is 17.2 Å². The Morgan fingerprint density at radius 1 is 0.884 bits per heavy atom. The van der Waals surface area contributed by atoms with Gasteiger partial charge in [0.2, 0.25) is 0 Å². The molecule has 0 aliphatic carbocycles. The first-order chi connectivity index (χ1) is 20.0. The van der Waals surface area contributed by atoms with Gasteiger partial charge in [-0.05, 0) is 70.4 Å². The Bertz CT molecular complexity index is 1400. The van der Waals surface area contributed by atoms with Crippen LogP contribution >= 0.6 is 11.6 Å². The summed E-state index contributed by atoms with van der Waals surface area (Å²) in [4.78, 5) is 28.2. The lowest BCUT2D eigenvalue weighted by Crippen LogP contribution is -2.33. The maximum atomic E-state index is 15.7. The van der Waals surface area contributed by atoms with E-state index in [4.69, 9.17) is 35.3 Å². The standard InChI is InChI=1S/C31H40ClFN2O8/c1-30(2,3)42-28(37)34-13-17-11-22(39-7)24(25(32)19(17)15-34)21(36)9-10-41-27-23(40-8)12-18-14-35(16-20(18)26(27)33)29(38)43-31(4,5)6/h11-12,21,36H,9-10,13-16H2,1-8H3. The molecule has 1 N–H and O–H groups in total. The van der Waals surface area contributed by atoms with Crippen LogP contribution in [-0.2, 0) is 35.7 Å². The molecule has 0 bridgehead atoms. The molecule has 2 aromatic carbocycles. The fraction of sp³-hybridized carbons (Fsp3) is 0.548.